The summed E-state index contributed by atoms with van der Waals surface area (Å²) in [6.07, 6.45) is 1.55. The van der Waals surface area contributed by atoms with Crippen LogP contribution in [0.1, 0.15) is 5.69 Å². The zero-order valence-corrected chi connectivity index (χ0v) is 9.21. The van der Waals surface area contributed by atoms with E-state index in [0.717, 1.165) is 27.9 Å². The summed E-state index contributed by atoms with van der Waals surface area (Å²) < 4.78 is 13.3. The van der Waals surface area contributed by atoms with Gasteiger partial charge in [-0.2, -0.15) is 5.10 Å². The van der Waals surface area contributed by atoms with Crippen molar-refractivity contribution in [3.8, 4) is 11.3 Å². The maximum absolute atomic E-state index is 13.3. The number of hydrogen-bond donors (Lipinski definition) is 3. The van der Waals surface area contributed by atoms with Crippen LogP contribution in [0, 0.1) is 12.7 Å². The molecule has 4 N–H and O–H groups in total. The van der Waals surface area contributed by atoms with Crippen molar-refractivity contribution >= 4 is 16.6 Å². The van der Waals surface area contributed by atoms with Crippen LogP contribution in [0.3, 0.4) is 0 Å². The minimum atomic E-state index is -0.268. The Kier molecular flexibility index (Phi) is 1.95. The van der Waals surface area contributed by atoms with Crippen LogP contribution in [-0.4, -0.2) is 15.2 Å². The summed E-state index contributed by atoms with van der Waals surface area (Å²) in [5, 5.41) is 7.54. The molecule has 0 aliphatic heterocycles. The van der Waals surface area contributed by atoms with Crippen molar-refractivity contribution in [3.05, 3.63) is 35.9 Å². The van der Waals surface area contributed by atoms with Crippen LogP contribution in [0.25, 0.3) is 22.2 Å². The monoisotopic (exact) mass is 230 g/mol. The molecule has 2 aromatic heterocycles. The van der Waals surface area contributed by atoms with Gasteiger partial charge in [-0.25, -0.2) is 4.39 Å². The molecule has 17 heavy (non-hydrogen) atoms. The highest BCUT2D eigenvalue weighted by Crippen LogP contribution is 2.33. The fraction of sp³-hybridized carbons (Fsp3) is 0.0833. The minimum Gasteiger partial charge on any atom is -0.396 e. The number of nitrogens with zero attached hydrogens (tertiary/aromatic N) is 1. The molecule has 2 heterocycles. The summed E-state index contributed by atoms with van der Waals surface area (Å²) in [5.74, 6) is -0.268. The standard InChI is InChI=1S/C12H11FN4/c1-6-11(12-9(14)5-15-17-12)8-4-7(13)2-3-10(8)16-6/h2-5,16H,14H2,1H3,(H,15,17). The average Bonchev–Trinajstić information content (AvgIpc) is 2.81. The Morgan fingerprint density at radius 1 is 1.35 bits per heavy atom. The third kappa shape index (κ3) is 1.39. The van der Waals surface area contributed by atoms with Gasteiger partial charge in [-0.15, -0.1) is 0 Å². The van der Waals surface area contributed by atoms with E-state index >= 15 is 0 Å². The van der Waals surface area contributed by atoms with Crippen LogP contribution in [-0.2, 0) is 0 Å². The van der Waals surface area contributed by atoms with Gasteiger partial charge in [0.1, 0.15) is 5.82 Å². The van der Waals surface area contributed by atoms with Crippen LogP contribution in [0.15, 0.2) is 24.4 Å². The predicted molar refractivity (Wildman–Crippen MR) is 65.0 cm³/mol. The number of nitrogen functional groups attached to an aromatic ring is 1. The number of aryl methyl sites for hydroxylation is 1. The van der Waals surface area contributed by atoms with Gasteiger partial charge in [0, 0.05) is 22.2 Å². The molecule has 4 nitrogen and oxygen atoms in total. The van der Waals surface area contributed by atoms with Crippen molar-refractivity contribution in [1.82, 2.24) is 15.2 Å². The van der Waals surface area contributed by atoms with E-state index in [4.69, 9.17) is 5.73 Å². The van der Waals surface area contributed by atoms with Gasteiger partial charge in [-0.1, -0.05) is 0 Å². The van der Waals surface area contributed by atoms with Crippen LogP contribution in [0.2, 0.25) is 0 Å². The number of nitrogens with one attached hydrogen (secondary N) is 2. The van der Waals surface area contributed by atoms with Gasteiger partial charge >= 0.3 is 0 Å². The molecule has 3 rings (SSSR count). The Labute approximate surface area is 96.6 Å². The van der Waals surface area contributed by atoms with Crippen LogP contribution in [0.4, 0.5) is 10.1 Å². The average molecular weight is 230 g/mol. The molecule has 0 saturated carbocycles. The van der Waals surface area contributed by atoms with Crippen LogP contribution >= 0.6 is 0 Å². The molecule has 0 atom stereocenters. The summed E-state index contributed by atoms with van der Waals surface area (Å²) in [4.78, 5) is 3.20. The van der Waals surface area contributed by atoms with Gasteiger partial charge < -0.3 is 10.7 Å². The Balaban J connectivity index is 2.39. The lowest BCUT2D eigenvalue weighted by atomic mass is 10.1. The molecule has 0 radical (unpaired) electrons. The third-order valence-corrected chi connectivity index (χ3v) is 2.87. The van der Waals surface area contributed by atoms with Gasteiger partial charge in [-0.05, 0) is 25.1 Å². The van der Waals surface area contributed by atoms with E-state index in [-0.39, 0.29) is 5.82 Å². The molecule has 86 valence electrons. The van der Waals surface area contributed by atoms with Crippen LogP contribution < -0.4 is 5.73 Å². The first-order chi connectivity index (χ1) is 8.16. The van der Waals surface area contributed by atoms with Gasteiger partial charge in [0.15, 0.2) is 0 Å². The number of halogens is 1. The van der Waals surface area contributed by atoms with Crippen LogP contribution in [0.5, 0.6) is 0 Å². The fourth-order valence-corrected chi connectivity index (χ4v) is 2.12. The Hall–Kier alpha value is -2.30. The van der Waals surface area contributed by atoms with Crippen molar-refractivity contribution in [1.29, 1.82) is 0 Å². The van der Waals surface area contributed by atoms with E-state index in [2.05, 4.69) is 15.2 Å². The van der Waals surface area contributed by atoms with Crippen molar-refractivity contribution in [3.63, 3.8) is 0 Å². The molecular formula is C12H11FN4. The topological polar surface area (TPSA) is 70.5 Å². The van der Waals surface area contributed by atoms with E-state index in [1.807, 2.05) is 6.92 Å². The summed E-state index contributed by atoms with van der Waals surface area (Å²) in [6.45, 7) is 1.92. The van der Waals surface area contributed by atoms with E-state index in [0.29, 0.717) is 5.69 Å². The Bertz CT molecular complexity index is 696. The molecule has 0 aliphatic carbocycles. The number of anilines is 1. The molecule has 0 bridgehead atoms. The number of aromatic nitrogens is 3. The summed E-state index contributed by atoms with van der Waals surface area (Å²) in [6, 6.07) is 4.64. The lowest BCUT2D eigenvalue weighted by molar-refractivity contribution is 0.630. The van der Waals surface area contributed by atoms with Gasteiger partial charge in [0.05, 0.1) is 17.6 Å². The number of H-pyrrole nitrogens is 2. The normalized spacial score (nSPS) is 11.2. The molecule has 0 unspecified atom stereocenters. The molecule has 0 aliphatic rings. The van der Waals surface area contributed by atoms with Crippen molar-refractivity contribution < 1.29 is 4.39 Å². The number of benzene rings is 1. The lowest BCUT2D eigenvalue weighted by Crippen LogP contribution is -1.87. The van der Waals surface area contributed by atoms with E-state index in [9.17, 15) is 4.39 Å². The van der Waals surface area contributed by atoms with Crippen molar-refractivity contribution in [2.24, 2.45) is 0 Å². The zero-order valence-electron chi connectivity index (χ0n) is 9.21. The third-order valence-electron chi connectivity index (χ3n) is 2.87. The molecule has 0 spiro atoms. The van der Waals surface area contributed by atoms with Crippen molar-refractivity contribution in [2.75, 3.05) is 5.73 Å². The number of aromatic amines is 2. The van der Waals surface area contributed by atoms with Gasteiger partial charge in [0.25, 0.3) is 0 Å². The zero-order chi connectivity index (χ0) is 12.0. The second-order valence-electron chi connectivity index (χ2n) is 4.02. The van der Waals surface area contributed by atoms with E-state index < -0.39 is 0 Å². The Morgan fingerprint density at radius 3 is 2.88 bits per heavy atom. The van der Waals surface area contributed by atoms with Gasteiger partial charge in [0.2, 0.25) is 0 Å². The molecule has 1 aromatic carbocycles. The smallest absolute Gasteiger partial charge is 0.123 e. The predicted octanol–water partition coefficient (Wildman–Crippen LogP) is 2.59. The SMILES string of the molecule is Cc1[nH]c2ccc(F)cc2c1-c1[nH]ncc1N. The molecule has 0 fully saturated rings. The number of hydrogen-bond acceptors (Lipinski definition) is 2. The van der Waals surface area contributed by atoms with E-state index in [1.54, 1.807) is 12.3 Å². The number of fused-ring (bicyclic) bond motifs is 1. The first-order valence-corrected chi connectivity index (χ1v) is 5.24. The molecule has 3 aromatic rings. The molecule has 0 amide bonds. The molecule has 0 saturated heterocycles. The first kappa shape index (κ1) is 9.89. The molecular weight excluding hydrogens is 219 g/mol. The maximum Gasteiger partial charge on any atom is 0.123 e. The summed E-state index contributed by atoms with van der Waals surface area (Å²) in [7, 11) is 0. The highest BCUT2D eigenvalue weighted by molar-refractivity contribution is 5.98. The van der Waals surface area contributed by atoms with E-state index in [1.165, 1.54) is 12.1 Å². The lowest BCUT2D eigenvalue weighted by Gasteiger charge is -1.99. The second kappa shape index (κ2) is 3.35. The van der Waals surface area contributed by atoms with Crippen molar-refractivity contribution in [2.45, 2.75) is 6.92 Å². The molecule has 5 heteroatoms. The number of nitrogens with two attached hydrogens (primary N) is 1. The fourth-order valence-electron chi connectivity index (χ4n) is 2.12. The number of rotatable bonds is 1. The van der Waals surface area contributed by atoms with Gasteiger partial charge in [-0.3, -0.25) is 5.10 Å². The quantitative estimate of drug-likeness (QED) is 0.601. The highest BCUT2D eigenvalue weighted by Gasteiger charge is 2.14. The first-order valence-electron chi connectivity index (χ1n) is 5.24. The largest absolute Gasteiger partial charge is 0.396 e. The second-order valence-corrected chi connectivity index (χ2v) is 4.02. The maximum atomic E-state index is 13.3. The summed E-state index contributed by atoms with van der Waals surface area (Å²) in [5.41, 5.74) is 9.79. The minimum absolute atomic E-state index is 0.268. The Morgan fingerprint density at radius 2 is 2.18 bits per heavy atom. The summed E-state index contributed by atoms with van der Waals surface area (Å²) >= 11 is 0. The highest BCUT2D eigenvalue weighted by atomic mass is 19.1.